The van der Waals surface area contributed by atoms with Crippen LogP contribution in [0.3, 0.4) is 0 Å². The second kappa shape index (κ2) is 8.36. The van der Waals surface area contributed by atoms with Gasteiger partial charge in [-0.3, -0.25) is 0 Å². The van der Waals surface area contributed by atoms with E-state index >= 15 is 4.32 Å². The third-order valence-corrected chi connectivity index (χ3v) is 5.42. The SMILES string of the molecule is CCOc1c(C=Cc2cc(C)c3n2[B-](F)[N+]2=CC=CC2=C3CCN)cccc1OC. The van der Waals surface area contributed by atoms with Crippen molar-refractivity contribution in [1.29, 1.82) is 0 Å². The van der Waals surface area contributed by atoms with E-state index in [1.54, 1.807) is 22.3 Å². The maximum atomic E-state index is 15.5. The standard InChI is InChI=1S/C23H26BFN3O2/c1-4-30-23-17(7-5-9-21(23)29-3)10-11-18-15-16(2)22-19(12-13-26)20-8-6-14-27(20)24(25)28(18)22/h5-11,14-15H,4,12-13,26H2,1-3H3. The van der Waals surface area contributed by atoms with Crippen LogP contribution in [-0.2, 0) is 0 Å². The van der Waals surface area contributed by atoms with Gasteiger partial charge in [0.1, 0.15) is 6.21 Å². The second-order valence-corrected chi connectivity index (χ2v) is 7.24. The van der Waals surface area contributed by atoms with E-state index in [9.17, 15) is 0 Å². The molecule has 0 amide bonds. The predicted octanol–water partition coefficient (Wildman–Crippen LogP) is 3.90. The molecule has 7 heteroatoms. The molecule has 2 aliphatic heterocycles. The van der Waals surface area contributed by atoms with E-state index in [4.69, 9.17) is 15.2 Å². The number of benzene rings is 1. The van der Waals surface area contributed by atoms with Gasteiger partial charge in [0.05, 0.1) is 13.7 Å². The van der Waals surface area contributed by atoms with E-state index in [1.807, 2.05) is 62.4 Å². The highest BCUT2D eigenvalue weighted by molar-refractivity contribution is 6.43. The van der Waals surface area contributed by atoms with Crippen LogP contribution >= 0.6 is 0 Å². The van der Waals surface area contributed by atoms with Crippen molar-refractivity contribution in [3.63, 3.8) is 0 Å². The first-order valence-corrected chi connectivity index (χ1v) is 10.2. The van der Waals surface area contributed by atoms with Crippen molar-refractivity contribution >= 4 is 31.2 Å². The maximum absolute atomic E-state index is 15.5. The number of nitrogens with zero attached hydrogens (tertiary/aromatic N) is 2. The van der Waals surface area contributed by atoms with Gasteiger partial charge in [-0.15, -0.1) is 0 Å². The van der Waals surface area contributed by atoms with Gasteiger partial charge in [0.15, 0.2) is 17.2 Å². The fourth-order valence-electron chi connectivity index (χ4n) is 4.19. The van der Waals surface area contributed by atoms with Crippen LogP contribution in [0, 0.1) is 6.92 Å². The number of aryl methyl sites for hydroxylation is 1. The zero-order valence-corrected chi connectivity index (χ0v) is 17.6. The average molecular weight is 406 g/mol. The van der Waals surface area contributed by atoms with Gasteiger partial charge in [0.2, 0.25) is 0 Å². The smallest absolute Gasteiger partial charge is 0.493 e. The van der Waals surface area contributed by atoms with Crippen LogP contribution in [0.2, 0.25) is 0 Å². The molecule has 0 bridgehead atoms. The zero-order chi connectivity index (χ0) is 21.3. The molecule has 0 unspecified atom stereocenters. The van der Waals surface area contributed by atoms with Crippen molar-refractivity contribution in [2.24, 2.45) is 5.73 Å². The topological polar surface area (TPSA) is 52.4 Å². The lowest BCUT2D eigenvalue weighted by Crippen LogP contribution is -2.39. The summed E-state index contributed by atoms with van der Waals surface area (Å²) in [7, 11) is 0.312. The summed E-state index contributed by atoms with van der Waals surface area (Å²) in [6.45, 7) is 4.99. The van der Waals surface area contributed by atoms with E-state index in [2.05, 4.69) is 0 Å². The molecule has 0 spiro atoms. The molecular weight excluding hydrogens is 380 g/mol. The quantitative estimate of drug-likeness (QED) is 0.710. The number of methoxy groups -OCH3 is 1. The molecule has 3 heterocycles. The van der Waals surface area contributed by atoms with Crippen molar-refractivity contribution in [3.05, 3.63) is 64.6 Å². The molecule has 0 aliphatic carbocycles. The monoisotopic (exact) mass is 406 g/mol. The van der Waals surface area contributed by atoms with E-state index in [0.717, 1.165) is 33.8 Å². The number of fused-ring (bicyclic) bond motifs is 2. The molecule has 30 heavy (non-hydrogen) atoms. The van der Waals surface area contributed by atoms with E-state index in [-0.39, 0.29) is 0 Å². The zero-order valence-electron chi connectivity index (χ0n) is 17.6. The van der Waals surface area contributed by atoms with Gasteiger partial charge in [0, 0.05) is 34.7 Å². The Hall–Kier alpha value is -3.06. The van der Waals surface area contributed by atoms with Crippen molar-refractivity contribution in [3.8, 4) is 11.5 Å². The Morgan fingerprint density at radius 2 is 2.13 bits per heavy atom. The van der Waals surface area contributed by atoms with Gasteiger partial charge in [-0.2, -0.15) is 0 Å². The molecule has 0 atom stereocenters. The van der Waals surface area contributed by atoms with Crippen molar-refractivity contribution in [2.75, 3.05) is 20.3 Å². The molecule has 0 saturated carbocycles. The van der Waals surface area contributed by atoms with Crippen molar-refractivity contribution < 1.29 is 18.3 Å². The molecule has 4 rings (SSSR count). The van der Waals surface area contributed by atoms with Gasteiger partial charge >= 0.3 is 7.26 Å². The van der Waals surface area contributed by atoms with Gasteiger partial charge < -0.3 is 28.5 Å². The minimum absolute atomic E-state index is 0.509. The maximum Gasteiger partial charge on any atom is 0.533 e. The summed E-state index contributed by atoms with van der Waals surface area (Å²) < 4.78 is 30.2. The number of ether oxygens (including phenoxy) is 2. The Labute approximate surface area is 176 Å². The minimum atomic E-state index is -1.31. The fraction of sp³-hybridized carbons (Fsp3) is 0.261. The van der Waals surface area contributed by atoms with Crippen molar-refractivity contribution in [1.82, 2.24) is 4.48 Å². The van der Waals surface area contributed by atoms with Gasteiger partial charge in [0.25, 0.3) is 0 Å². The molecule has 1 aromatic heterocycles. The normalized spacial score (nSPS) is 15.6. The minimum Gasteiger partial charge on any atom is -0.493 e. The van der Waals surface area contributed by atoms with Gasteiger partial charge in [-0.1, -0.05) is 12.1 Å². The van der Waals surface area contributed by atoms with E-state index in [0.29, 0.717) is 31.1 Å². The Morgan fingerprint density at radius 3 is 2.87 bits per heavy atom. The predicted molar refractivity (Wildman–Crippen MR) is 121 cm³/mol. The number of para-hydroxylation sites is 1. The summed E-state index contributed by atoms with van der Waals surface area (Å²) in [6.07, 6.45) is 10.2. The fourth-order valence-corrected chi connectivity index (χ4v) is 4.19. The third-order valence-electron chi connectivity index (χ3n) is 5.42. The second-order valence-electron chi connectivity index (χ2n) is 7.24. The Bertz CT molecular complexity index is 1100. The van der Waals surface area contributed by atoms with Crippen LogP contribution in [0.4, 0.5) is 4.32 Å². The van der Waals surface area contributed by atoms with Crippen LogP contribution in [0.1, 0.15) is 35.9 Å². The molecule has 5 nitrogen and oxygen atoms in total. The Balaban J connectivity index is 1.80. The summed E-state index contributed by atoms with van der Waals surface area (Å²) in [5, 5.41) is 0. The number of nitrogens with two attached hydrogens (primary N) is 1. The van der Waals surface area contributed by atoms with Crippen molar-refractivity contribution in [2.45, 2.75) is 20.3 Å². The number of hydrogen-bond acceptors (Lipinski definition) is 3. The molecule has 2 N–H and O–H groups in total. The molecule has 0 fully saturated rings. The lowest BCUT2D eigenvalue weighted by molar-refractivity contribution is -0.329. The number of allylic oxidation sites excluding steroid dienone is 2. The molecule has 1 radical (unpaired) electrons. The first-order valence-electron chi connectivity index (χ1n) is 10.2. The number of hydrogen-bond donors (Lipinski definition) is 1. The first-order chi connectivity index (χ1) is 14.6. The van der Waals surface area contributed by atoms with Crippen LogP contribution in [0.15, 0.2) is 42.1 Å². The molecule has 1 aromatic carbocycles. The van der Waals surface area contributed by atoms with Crippen LogP contribution < -0.4 is 15.2 Å². The summed E-state index contributed by atoms with van der Waals surface area (Å²) in [5.41, 5.74) is 11.4. The van der Waals surface area contributed by atoms with Crippen LogP contribution in [0.5, 0.6) is 11.5 Å². The number of halogens is 1. The molecule has 0 saturated heterocycles. The van der Waals surface area contributed by atoms with Gasteiger partial charge in [-0.25, -0.2) is 0 Å². The molecule has 155 valence electrons. The largest absolute Gasteiger partial charge is 0.533 e. The van der Waals surface area contributed by atoms with E-state index < -0.39 is 7.26 Å². The summed E-state index contributed by atoms with van der Waals surface area (Å²) in [5.74, 6) is 1.35. The Kier molecular flexibility index (Phi) is 5.64. The lowest BCUT2D eigenvalue weighted by atomic mass is 9.91. The summed E-state index contributed by atoms with van der Waals surface area (Å²) in [6, 6.07) is 7.75. The highest BCUT2D eigenvalue weighted by atomic mass is 19.1. The summed E-state index contributed by atoms with van der Waals surface area (Å²) >= 11 is 0. The highest BCUT2D eigenvalue weighted by Crippen LogP contribution is 2.37. The van der Waals surface area contributed by atoms with Crippen LogP contribution in [-0.4, -0.2) is 42.7 Å². The molecular formula is C23H26BFN3O2. The Morgan fingerprint density at radius 1 is 1.30 bits per heavy atom. The van der Waals surface area contributed by atoms with Crippen LogP contribution in [0.25, 0.3) is 17.7 Å². The molecule has 2 aliphatic rings. The summed E-state index contributed by atoms with van der Waals surface area (Å²) in [4.78, 5) is 0. The van der Waals surface area contributed by atoms with E-state index in [1.165, 1.54) is 0 Å². The third kappa shape index (κ3) is 3.29. The average Bonchev–Trinajstić information content (AvgIpc) is 3.36. The lowest BCUT2D eigenvalue weighted by Gasteiger charge is -2.30. The number of aromatic nitrogens is 1. The first kappa shape index (κ1) is 20.2. The van der Waals surface area contributed by atoms with Gasteiger partial charge in [-0.05, 0) is 56.7 Å². The molecule has 2 aromatic rings. The number of rotatable bonds is 7. The highest BCUT2D eigenvalue weighted by Gasteiger charge is 2.34.